The van der Waals surface area contributed by atoms with E-state index in [1.54, 1.807) is 38.5 Å². The van der Waals surface area contributed by atoms with Crippen molar-refractivity contribution in [1.82, 2.24) is 20.4 Å². The summed E-state index contributed by atoms with van der Waals surface area (Å²) in [4.78, 5) is 5.39. The lowest BCUT2D eigenvalue weighted by Gasteiger charge is -2.38. The second-order valence-electron chi connectivity index (χ2n) is 15.1. The predicted octanol–water partition coefficient (Wildman–Crippen LogP) is 5.40. The van der Waals surface area contributed by atoms with Crippen molar-refractivity contribution in [2.45, 2.75) is 102 Å². The number of nitrogens with zero attached hydrogens (tertiary/aromatic N) is 2. The molecule has 0 aromatic carbocycles. The van der Waals surface area contributed by atoms with E-state index in [9.17, 15) is 0 Å². The van der Waals surface area contributed by atoms with Crippen LogP contribution in [-0.2, 0) is 0 Å². The summed E-state index contributed by atoms with van der Waals surface area (Å²) >= 11 is 0. The first-order valence-electron chi connectivity index (χ1n) is 16.5. The van der Waals surface area contributed by atoms with E-state index in [4.69, 9.17) is 0 Å². The summed E-state index contributed by atoms with van der Waals surface area (Å²) in [6.45, 7) is 4.94. The van der Waals surface area contributed by atoms with Crippen molar-refractivity contribution >= 4 is 0 Å². The van der Waals surface area contributed by atoms with E-state index >= 15 is 0 Å². The second kappa shape index (κ2) is 10.4. The Balaban J connectivity index is 1.14. The monoisotopic (exact) mass is 496 g/mol. The third-order valence-electron chi connectivity index (χ3n) is 13.2. The molecule has 10 atom stereocenters. The Hall–Kier alpha value is -0.160. The van der Waals surface area contributed by atoms with Crippen molar-refractivity contribution in [3.63, 3.8) is 0 Å². The molecule has 204 valence electrons. The molecule has 2 heterocycles. The van der Waals surface area contributed by atoms with Gasteiger partial charge in [0.1, 0.15) is 0 Å². The molecule has 2 N–H and O–H groups in total. The van der Waals surface area contributed by atoms with Gasteiger partial charge in [0.25, 0.3) is 0 Å². The molecule has 8 bridgehead atoms. The quantitative estimate of drug-likeness (QED) is 0.536. The molecule has 0 aromatic heterocycles. The molecule has 2 saturated heterocycles. The van der Waals surface area contributed by atoms with Crippen LogP contribution in [0, 0.1) is 59.2 Å². The minimum atomic E-state index is 0.666. The van der Waals surface area contributed by atoms with Crippen LogP contribution in [0.4, 0.5) is 0 Å². The molecule has 5 aliphatic carbocycles. The molecular formula is C32H56N4. The zero-order valence-electron chi connectivity index (χ0n) is 23.6. The zero-order valence-corrected chi connectivity index (χ0v) is 23.6. The van der Waals surface area contributed by atoms with Crippen molar-refractivity contribution in [3.05, 3.63) is 0 Å². The zero-order chi connectivity index (χ0) is 24.2. The summed E-state index contributed by atoms with van der Waals surface area (Å²) in [6, 6.07) is 0. The fraction of sp³-hybridized carbons (Fsp3) is 1.00. The summed E-state index contributed by atoms with van der Waals surface area (Å²) in [7, 11) is 4.82. The van der Waals surface area contributed by atoms with Gasteiger partial charge in [-0.15, -0.1) is 0 Å². The highest BCUT2D eigenvalue weighted by molar-refractivity contribution is 4.99. The van der Waals surface area contributed by atoms with Crippen LogP contribution in [0.5, 0.6) is 0 Å². The molecule has 5 saturated carbocycles. The van der Waals surface area contributed by atoms with Crippen LogP contribution < -0.4 is 10.6 Å². The van der Waals surface area contributed by atoms with Crippen molar-refractivity contribution in [2.24, 2.45) is 59.2 Å². The lowest BCUT2D eigenvalue weighted by Crippen LogP contribution is -2.46. The Labute approximate surface area is 222 Å². The van der Waals surface area contributed by atoms with E-state index in [0.29, 0.717) is 12.3 Å². The smallest absolute Gasteiger partial charge is 0.0629 e. The number of rotatable bonds is 2. The Morgan fingerprint density at radius 2 is 0.778 bits per heavy atom. The highest BCUT2D eigenvalue weighted by atomic mass is 15.3. The molecule has 4 heteroatoms. The van der Waals surface area contributed by atoms with Gasteiger partial charge in [0.2, 0.25) is 0 Å². The summed E-state index contributed by atoms with van der Waals surface area (Å²) in [5.41, 5.74) is 0. The number of fused-ring (bicyclic) bond motifs is 8. The fourth-order valence-electron chi connectivity index (χ4n) is 11.7. The Kier molecular flexibility index (Phi) is 7.20. The molecule has 4 nitrogen and oxygen atoms in total. The summed E-state index contributed by atoms with van der Waals surface area (Å²) in [6.07, 6.45) is 23.0. The topological polar surface area (TPSA) is 30.5 Å². The van der Waals surface area contributed by atoms with Crippen molar-refractivity contribution in [3.8, 4) is 0 Å². The average molecular weight is 497 g/mol. The summed E-state index contributed by atoms with van der Waals surface area (Å²) < 4.78 is 0. The lowest BCUT2D eigenvalue weighted by molar-refractivity contribution is 0.0916. The molecule has 7 aliphatic rings. The van der Waals surface area contributed by atoms with E-state index in [1.165, 1.54) is 77.5 Å². The SMILES string of the molecule is CN1CCNC1C1C2CCC(CC3CCC(C3)C(C3NCCN3C)C3CCC(CC4CCC1C4)C3)C2. The number of hydrogen-bond donors (Lipinski definition) is 2. The molecule has 0 amide bonds. The van der Waals surface area contributed by atoms with Crippen LogP contribution in [0.1, 0.15) is 89.9 Å². The predicted molar refractivity (Wildman–Crippen MR) is 148 cm³/mol. The number of hydrogen-bond acceptors (Lipinski definition) is 4. The molecule has 7 fully saturated rings. The Bertz CT molecular complexity index is 654. The molecule has 0 aromatic rings. The molecule has 2 aliphatic heterocycles. The van der Waals surface area contributed by atoms with E-state index < -0.39 is 0 Å². The fourth-order valence-corrected chi connectivity index (χ4v) is 11.7. The highest BCUT2D eigenvalue weighted by Crippen LogP contribution is 2.54. The molecule has 0 spiro atoms. The van der Waals surface area contributed by atoms with E-state index in [0.717, 1.165) is 59.2 Å². The summed E-state index contributed by atoms with van der Waals surface area (Å²) in [5, 5.41) is 8.00. The van der Waals surface area contributed by atoms with Crippen molar-refractivity contribution in [2.75, 3.05) is 40.3 Å². The van der Waals surface area contributed by atoms with Crippen molar-refractivity contribution in [1.29, 1.82) is 0 Å². The van der Waals surface area contributed by atoms with Gasteiger partial charge >= 0.3 is 0 Å². The van der Waals surface area contributed by atoms with Crippen LogP contribution in [0.2, 0.25) is 0 Å². The summed E-state index contributed by atoms with van der Waals surface area (Å²) in [5.74, 6) is 9.90. The first kappa shape index (κ1) is 24.9. The lowest BCUT2D eigenvalue weighted by atomic mass is 9.74. The molecule has 36 heavy (non-hydrogen) atoms. The van der Waals surface area contributed by atoms with Gasteiger partial charge < -0.3 is 10.6 Å². The maximum absolute atomic E-state index is 4.00. The maximum Gasteiger partial charge on any atom is 0.0629 e. The van der Waals surface area contributed by atoms with Gasteiger partial charge in [0.05, 0.1) is 12.3 Å². The minimum absolute atomic E-state index is 0.666. The van der Waals surface area contributed by atoms with E-state index in [2.05, 4.69) is 34.5 Å². The third-order valence-corrected chi connectivity index (χ3v) is 13.2. The molecular weight excluding hydrogens is 440 g/mol. The Morgan fingerprint density at radius 3 is 1.06 bits per heavy atom. The van der Waals surface area contributed by atoms with Gasteiger partial charge in [-0.1, -0.05) is 25.7 Å². The first-order chi connectivity index (χ1) is 17.6. The minimum Gasteiger partial charge on any atom is -0.300 e. The molecule has 0 radical (unpaired) electrons. The van der Waals surface area contributed by atoms with Crippen molar-refractivity contribution < 1.29 is 0 Å². The van der Waals surface area contributed by atoms with Gasteiger partial charge in [-0.3, -0.25) is 9.80 Å². The van der Waals surface area contributed by atoms with Crippen LogP contribution in [0.25, 0.3) is 0 Å². The van der Waals surface area contributed by atoms with E-state index in [1.807, 2.05) is 0 Å². The van der Waals surface area contributed by atoms with Gasteiger partial charge in [-0.05, 0) is 137 Å². The maximum atomic E-state index is 4.00. The van der Waals surface area contributed by atoms with Crippen LogP contribution in [0.15, 0.2) is 0 Å². The number of nitrogens with one attached hydrogen (secondary N) is 2. The van der Waals surface area contributed by atoms with Gasteiger partial charge in [-0.2, -0.15) is 0 Å². The van der Waals surface area contributed by atoms with Crippen LogP contribution in [0.3, 0.4) is 0 Å². The van der Waals surface area contributed by atoms with Gasteiger partial charge in [-0.25, -0.2) is 0 Å². The number of likely N-dealkylation sites (N-methyl/N-ethyl adjacent to an activating group) is 2. The van der Waals surface area contributed by atoms with Crippen LogP contribution in [-0.4, -0.2) is 62.4 Å². The van der Waals surface area contributed by atoms with E-state index in [-0.39, 0.29) is 0 Å². The standard InChI is InChI=1S/C32H56N4/c1-35-13-11-33-31(35)29-25-7-3-21(17-25)15-23-5-9-27(19-23)30(32-34-12-14-36(32)2)28-10-6-24(20-28)16-22-4-8-26(29)18-22/h21-34H,3-20H2,1-2H3. The Morgan fingerprint density at radius 1 is 0.444 bits per heavy atom. The largest absolute Gasteiger partial charge is 0.300 e. The van der Waals surface area contributed by atoms with Gasteiger partial charge in [0.15, 0.2) is 0 Å². The van der Waals surface area contributed by atoms with Gasteiger partial charge in [0, 0.05) is 26.2 Å². The first-order valence-corrected chi connectivity index (χ1v) is 16.5. The normalized spacial score (nSPS) is 52.5. The average Bonchev–Trinajstić information content (AvgIpc) is 3.68. The molecule has 7 rings (SSSR count). The third kappa shape index (κ3) is 4.73. The van der Waals surface area contributed by atoms with Crippen LogP contribution >= 0.6 is 0 Å². The second-order valence-corrected chi connectivity index (χ2v) is 15.1. The highest BCUT2D eigenvalue weighted by Gasteiger charge is 2.48. The molecule has 10 unspecified atom stereocenters.